The molecule has 0 bridgehead atoms. The van der Waals surface area contributed by atoms with Crippen molar-refractivity contribution in [2.24, 2.45) is 5.92 Å². The van der Waals surface area contributed by atoms with Crippen molar-refractivity contribution in [1.29, 1.82) is 0 Å². The van der Waals surface area contributed by atoms with Crippen LogP contribution in [0.3, 0.4) is 0 Å². The van der Waals surface area contributed by atoms with Crippen LogP contribution < -0.4 is 4.90 Å². The number of rotatable bonds is 5. The number of nitrogens with zero attached hydrogens (tertiary/aromatic N) is 2. The monoisotopic (exact) mass is 358 g/mol. The quantitative estimate of drug-likeness (QED) is 0.757. The number of ether oxygens (including phenoxy) is 1. The molecule has 26 heavy (non-hydrogen) atoms. The van der Waals surface area contributed by atoms with Crippen LogP contribution in [0, 0.1) is 5.92 Å². The first-order chi connectivity index (χ1) is 12.6. The van der Waals surface area contributed by atoms with Crippen LogP contribution in [0.2, 0.25) is 0 Å². The molecule has 2 amide bonds. The van der Waals surface area contributed by atoms with Gasteiger partial charge in [0, 0.05) is 31.7 Å². The molecule has 2 aliphatic rings. The average molecular weight is 358 g/mol. The topological polar surface area (TPSA) is 66.9 Å². The molecule has 6 nitrogen and oxygen atoms in total. The number of carbonyl (C=O) groups is 3. The minimum absolute atomic E-state index is 0.0315. The molecule has 0 aliphatic carbocycles. The minimum atomic E-state index is -0.212. The van der Waals surface area contributed by atoms with E-state index in [9.17, 15) is 14.4 Å². The summed E-state index contributed by atoms with van der Waals surface area (Å²) in [5, 5.41) is 0. The normalized spacial score (nSPS) is 20.3. The molecular weight excluding hydrogens is 332 g/mol. The Hall–Kier alpha value is -2.37. The zero-order valence-corrected chi connectivity index (χ0v) is 15.3. The molecule has 1 atom stereocenters. The molecule has 2 aliphatic heterocycles. The van der Waals surface area contributed by atoms with Gasteiger partial charge in [0.05, 0.1) is 18.9 Å². The first-order valence-electron chi connectivity index (χ1n) is 9.42. The number of benzene rings is 1. The van der Waals surface area contributed by atoms with Gasteiger partial charge in [-0.1, -0.05) is 12.1 Å². The van der Waals surface area contributed by atoms with Crippen molar-refractivity contribution in [2.75, 3.05) is 31.1 Å². The van der Waals surface area contributed by atoms with Gasteiger partial charge in [-0.3, -0.25) is 14.4 Å². The molecule has 2 saturated heterocycles. The summed E-state index contributed by atoms with van der Waals surface area (Å²) in [7, 11) is 0. The number of amides is 2. The Bertz CT molecular complexity index is 671. The zero-order chi connectivity index (χ0) is 18.5. The fourth-order valence-corrected chi connectivity index (χ4v) is 3.66. The highest BCUT2D eigenvalue weighted by Gasteiger charge is 2.29. The van der Waals surface area contributed by atoms with Gasteiger partial charge in [-0.25, -0.2) is 0 Å². The molecule has 3 rings (SSSR count). The van der Waals surface area contributed by atoms with Crippen molar-refractivity contribution in [3.63, 3.8) is 0 Å². The molecule has 0 spiro atoms. The maximum Gasteiger partial charge on any atom is 0.310 e. The number of carbonyl (C=O) groups excluding carboxylic acids is 3. The second-order valence-electron chi connectivity index (χ2n) is 6.92. The van der Waals surface area contributed by atoms with Crippen molar-refractivity contribution < 1.29 is 19.1 Å². The Morgan fingerprint density at radius 1 is 1.15 bits per heavy atom. The van der Waals surface area contributed by atoms with E-state index in [-0.39, 0.29) is 23.7 Å². The number of likely N-dealkylation sites (tertiary alicyclic amines) is 1. The number of piperidine rings is 1. The standard InChI is InChI=1S/C20H26N2O4/c1-2-26-20(25)16-5-3-11-21(14-16)19(24)13-15-7-9-17(10-8-15)22-12-4-6-18(22)23/h7-10,16H,2-6,11-14H2,1H3/t16-/m1/s1. The SMILES string of the molecule is CCOC(=O)[C@@H]1CCCN(C(=O)Cc2ccc(N3CCCC3=O)cc2)C1. The molecule has 2 fully saturated rings. The summed E-state index contributed by atoms with van der Waals surface area (Å²) in [6, 6.07) is 7.63. The predicted molar refractivity (Wildman–Crippen MR) is 97.7 cm³/mol. The Morgan fingerprint density at radius 3 is 2.58 bits per heavy atom. The highest BCUT2D eigenvalue weighted by molar-refractivity contribution is 5.95. The molecule has 140 valence electrons. The molecule has 0 unspecified atom stereocenters. The Kier molecular flexibility index (Phi) is 5.91. The van der Waals surface area contributed by atoms with Gasteiger partial charge in [0.15, 0.2) is 0 Å². The van der Waals surface area contributed by atoms with Crippen molar-refractivity contribution in [3.8, 4) is 0 Å². The van der Waals surface area contributed by atoms with E-state index in [4.69, 9.17) is 4.74 Å². The summed E-state index contributed by atoms with van der Waals surface area (Å²) in [6.07, 6.45) is 3.42. The van der Waals surface area contributed by atoms with Gasteiger partial charge >= 0.3 is 5.97 Å². The smallest absolute Gasteiger partial charge is 0.310 e. The van der Waals surface area contributed by atoms with E-state index in [1.807, 2.05) is 24.3 Å². The lowest BCUT2D eigenvalue weighted by Gasteiger charge is -2.31. The molecule has 2 heterocycles. The van der Waals surface area contributed by atoms with Gasteiger partial charge in [-0.05, 0) is 43.9 Å². The summed E-state index contributed by atoms with van der Waals surface area (Å²) in [5.74, 6) is -0.225. The summed E-state index contributed by atoms with van der Waals surface area (Å²) in [5.41, 5.74) is 1.81. The van der Waals surface area contributed by atoms with Crippen molar-refractivity contribution in [1.82, 2.24) is 4.90 Å². The maximum atomic E-state index is 12.6. The van der Waals surface area contributed by atoms with Gasteiger partial charge in [0.25, 0.3) is 0 Å². The van der Waals surface area contributed by atoms with Crippen LogP contribution in [0.15, 0.2) is 24.3 Å². The third-order valence-corrected chi connectivity index (χ3v) is 5.07. The summed E-state index contributed by atoms with van der Waals surface area (Å²) in [6.45, 7) is 4.06. The average Bonchev–Trinajstić information content (AvgIpc) is 3.08. The second kappa shape index (κ2) is 8.34. The summed E-state index contributed by atoms with van der Waals surface area (Å²) >= 11 is 0. The van der Waals surface area contributed by atoms with Gasteiger partial charge in [0.2, 0.25) is 11.8 Å². The number of hydrogen-bond acceptors (Lipinski definition) is 4. The van der Waals surface area contributed by atoms with E-state index >= 15 is 0 Å². The third-order valence-electron chi connectivity index (χ3n) is 5.07. The molecule has 1 aromatic rings. The van der Waals surface area contributed by atoms with Crippen LogP contribution in [0.25, 0.3) is 0 Å². The molecule has 0 radical (unpaired) electrons. The highest BCUT2D eigenvalue weighted by atomic mass is 16.5. The van der Waals surface area contributed by atoms with E-state index in [0.717, 1.165) is 37.1 Å². The van der Waals surface area contributed by atoms with E-state index in [1.54, 1.807) is 16.7 Å². The van der Waals surface area contributed by atoms with Crippen LogP contribution in [0.1, 0.15) is 38.2 Å². The molecule has 0 aromatic heterocycles. The highest BCUT2D eigenvalue weighted by Crippen LogP contribution is 2.23. The Labute approximate surface area is 154 Å². The van der Waals surface area contributed by atoms with E-state index < -0.39 is 0 Å². The molecular formula is C20H26N2O4. The first kappa shape index (κ1) is 18.4. The largest absolute Gasteiger partial charge is 0.466 e. The van der Waals surface area contributed by atoms with Gasteiger partial charge in [-0.2, -0.15) is 0 Å². The van der Waals surface area contributed by atoms with Crippen LogP contribution in [-0.4, -0.2) is 48.9 Å². The van der Waals surface area contributed by atoms with Crippen LogP contribution in [0.5, 0.6) is 0 Å². The Balaban J connectivity index is 1.57. The lowest BCUT2D eigenvalue weighted by molar-refractivity contribution is -0.151. The van der Waals surface area contributed by atoms with Crippen LogP contribution in [-0.2, 0) is 25.5 Å². The third kappa shape index (κ3) is 4.23. The van der Waals surface area contributed by atoms with Gasteiger partial charge in [-0.15, -0.1) is 0 Å². The van der Waals surface area contributed by atoms with E-state index in [2.05, 4.69) is 0 Å². The maximum absolute atomic E-state index is 12.6. The van der Waals surface area contributed by atoms with E-state index in [0.29, 0.717) is 32.5 Å². The number of esters is 1. The Morgan fingerprint density at radius 2 is 1.92 bits per heavy atom. The molecule has 6 heteroatoms. The fourth-order valence-electron chi connectivity index (χ4n) is 3.66. The molecule has 0 saturated carbocycles. The van der Waals surface area contributed by atoms with Crippen molar-refractivity contribution in [2.45, 2.75) is 39.0 Å². The molecule has 1 aromatic carbocycles. The summed E-state index contributed by atoms with van der Waals surface area (Å²) in [4.78, 5) is 39.9. The van der Waals surface area contributed by atoms with Crippen molar-refractivity contribution >= 4 is 23.5 Å². The predicted octanol–water partition coefficient (Wildman–Crippen LogP) is 2.16. The first-order valence-corrected chi connectivity index (χ1v) is 9.42. The fraction of sp³-hybridized carbons (Fsp3) is 0.550. The molecule has 0 N–H and O–H groups in total. The van der Waals surface area contributed by atoms with Crippen molar-refractivity contribution in [3.05, 3.63) is 29.8 Å². The number of hydrogen-bond donors (Lipinski definition) is 0. The number of anilines is 1. The van der Waals surface area contributed by atoms with Crippen LogP contribution in [0.4, 0.5) is 5.69 Å². The van der Waals surface area contributed by atoms with Gasteiger partial charge in [0.1, 0.15) is 0 Å². The lowest BCUT2D eigenvalue weighted by atomic mass is 9.97. The second-order valence-corrected chi connectivity index (χ2v) is 6.92. The summed E-state index contributed by atoms with van der Waals surface area (Å²) < 4.78 is 5.09. The van der Waals surface area contributed by atoms with Crippen LogP contribution >= 0.6 is 0 Å². The minimum Gasteiger partial charge on any atom is -0.466 e. The zero-order valence-electron chi connectivity index (χ0n) is 15.3. The van der Waals surface area contributed by atoms with E-state index in [1.165, 1.54) is 0 Å². The lowest BCUT2D eigenvalue weighted by Crippen LogP contribution is -2.43. The van der Waals surface area contributed by atoms with Gasteiger partial charge < -0.3 is 14.5 Å².